The van der Waals surface area contributed by atoms with Gasteiger partial charge in [-0.15, -0.1) is 11.3 Å². The van der Waals surface area contributed by atoms with Crippen LogP contribution in [0.15, 0.2) is 60.9 Å². The van der Waals surface area contributed by atoms with Crippen LogP contribution in [-0.4, -0.2) is 9.97 Å². The van der Waals surface area contributed by atoms with Crippen LogP contribution in [0.2, 0.25) is 0 Å². The first-order valence-electron chi connectivity index (χ1n) is 5.82. The van der Waals surface area contributed by atoms with Gasteiger partial charge >= 0.3 is 0 Å². The molecule has 0 radical (unpaired) electrons. The van der Waals surface area contributed by atoms with Gasteiger partial charge in [0.1, 0.15) is 5.01 Å². The zero-order valence-electron chi connectivity index (χ0n) is 9.78. The van der Waals surface area contributed by atoms with Crippen molar-refractivity contribution in [2.75, 3.05) is 0 Å². The average molecular weight is 252 g/mol. The molecule has 0 aliphatic heterocycles. The molecule has 0 amide bonds. The molecule has 2 nitrogen and oxygen atoms in total. The third-order valence-electron chi connectivity index (χ3n) is 2.66. The van der Waals surface area contributed by atoms with Crippen LogP contribution in [0.5, 0.6) is 0 Å². The molecule has 3 heteroatoms. The molecule has 88 valence electrons. The minimum Gasteiger partial charge on any atom is -0.254 e. The molecular weight excluding hydrogens is 240 g/mol. The summed E-state index contributed by atoms with van der Waals surface area (Å²) in [7, 11) is 0. The number of nitrogens with zero attached hydrogens (tertiary/aromatic N) is 2. The van der Waals surface area contributed by atoms with Gasteiger partial charge in [-0.1, -0.05) is 36.4 Å². The summed E-state index contributed by atoms with van der Waals surface area (Å²) < 4.78 is 0. The number of rotatable bonds is 3. The standard InChI is InChI=1S/C15H12N2S/c1-2-6-12(7-3-1)10-13-11-17-15(18-13)14-8-4-5-9-16-14/h1-9,11H,10H2. The molecule has 2 heterocycles. The number of aromatic nitrogens is 2. The Morgan fingerprint density at radius 3 is 2.50 bits per heavy atom. The van der Waals surface area contributed by atoms with Crippen LogP contribution in [0.4, 0.5) is 0 Å². The molecule has 3 aromatic rings. The summed E-state index contributed by atoms with van der Waals surface area (Å²) in [6.07, 6.45) is 4.68. The molecule has 0 saturated carbocycles. The molecule has 0 saturated heterocycles. The van der Waals surface area contributed by atoms with Crippen LogP contribution in [-0.2, 0) is 6.42 Å². The Morgan fingerprint density at radius 1 is 0.889 bits per heavy atom. The molecule has 18 heavy (non-hydrogen) atoms. The monoisotopic (exact) mass is 252 g/mol. The van der Waals surface area contributed by atoms with E-state index in [1.165, 1.54) is 10.4 Å². The lowest BCUT2D eigenvalue weighted by Gasteiger charge is -1.96. The van der Waals surface area contributed by atoms with Crippen molar-refractivity contribution in [3.05, 3.63) is 71.4 Å². The van der Waals surface area contributed by atoms with Crippen LogP contribution < -0.4 is 0 Å². The van der Waals surface area contributed by atoms with E-state index in [1.807, 2.05) is 30.5 Å². The Morgan fingerprint density at radius 2 is 1.72 bits per heavy atom. The van der Waals surface area contributed by atoms with Crippen LogP contribution in [0.3, 0.4) is 0 Å². The molecule has 0 unspecified atom stereocenters. The van der Waals surface area contributed by atoms with Crippen LogP contribution in [0.1, 0.15) is 10.4 Å². The molecule has 0 aliphatic rings. The maximum atomic E-state index is 4.44. The van der Waals surface area contributed by atoms with Crippen LogP contribution >= 0.6 is 11.3 Å². The molecule has 0 bridgehead atoms. The summed E-state index contributed by atoms with van der Waals surface area (Å²) in [4.78, 5) is 10.0. The molecule has 1 aromatic carbocycles. The van der Waals surface area contributed by atoms with Gasteiger partial charge in [0.2, 0.25) is 0 Å². The number of hydrogen-bond acceptors (Lipinski definition) is 3. The molecule has 2 aromatic heterocycles. The van der Waals surface area contributed by atoms with E-state index in [9.17, 15) is 0 Å². The average Bonchev–Trinajstić information content (AvgIpc) is 2.89. The Kier molecular flexibility index (Phi) is 3.15. The highest BCUT2D eigenvalue weighted by Gasteiger charge is 2.05. The van der Waals surface area contributed by atoms with Gasteiger partial charge in [0.05, 0.1) is 5.69 Å². The van der Waals surface area contributed by atoms with Gasteiger partial charge < -0.3 is 0 Å². The van der Waals surface area contributed by atoms with Crippen LogP contribution in [0.25, 0.3) is 10.7 Å². The number of benzene rings is 1. The van der Waals surface area contributed by atoms with Gasteiger partial charge in [-0.25, -0.2) is 4.98 Å². The zero-order chi connectivity index (χ0) is 12.2. The summed E-state index contributed by atoms with van der Waals surface area (Å²) in [5.41, 5.74) is 2.26. The fourth-order valence-electron chi connectivity index (χ4n) is 1.79. The van der Waals surface area contributed by atoms with E-state index in [0.717, 1.165) is 17.1 Å². The number of thiazole rings is 1. The lowest BCUT2D eigenvalue weighted by atomic mass is 10.1. The summed E-state index contributed by atoms with van der Waals surface area (Å²) in [5.74, 6) is 0. The molecule has 0 fully saturated rings. The van der Waals surface area contributed by atoms with E-state index >= 15 is 0 Å². The molecule has 0 aliphatic carbocycles. The predicted molar refractivity (Wildman–Crippen MR) is 74.6 cm³/mol. The van der Waals surface area contributed by atoms with Gasteiger partial charge in [-0.3, -0.25) is 4.98 Å². The number of pyridine rings is 1. The van der Waals surface area contributed by atoms with Crippen molar-refractivity contribution in [3.8, 4) is 10.7 Å². The van der Waals surface area contributed by atoms with E-state index in [1.54, 1.807) is 17.5 Å². The first-order valence-corrected chi connectivity index (χ1v) is 6.63. The summed E-state index contributed by atoms with van der Waals surface area (Å²) in [6, 6.07) is 16.3. The van der Waals surface area contributed by atoms with Gasteiger partial charge in [0, 0.05) is 23.7 Å². The SMILES string of the molecule is c1ccc(Cc2cnc(-c3ccccn3)s2)cc1. The van der Waals surface area contributed by atoms with Crippen molar-refractivity contribution in [1.82, 2.24) is 9.97 Å². The summed E-state index contributed by atoms with van der Waals surface area (Å²) >= 11 is 1.71. The van der Waals surface area contributed by atoms with Crippen molar-refractivity contribution in [2.45, 2.75) is 6.42 Å². The Bertz CT molecular complexity index is 617. The fraction of sp³-hybridized carbons (Fsp3) is 0.0667. The fourth-order valence-corrected chi connectivity index (χ4v) is 2.72. The van der Waals surface area contributed by atoms with Crippen LogP contribution in [0, 0.1) is 0 Å². The molecular formula is C15H12N2S. The zero-order valence-corrected chi connectivity index (χ0v) is 10.6. The van der Waals surface area contributed by atoms with Crippen molar-refractivity contribution in [2.24, 2.45) is 0 Å². The molecule has 3 rings (SSSR count). The Balaban J connectivity index is 1.82. The van der Waals surface area contributed by atoms with E-state index < -0.39 is 0 Å². The van der Waals surface area contributed by atoms with Gasteiger partial charge in [-0.05, 0) is 17.7 Å². The topological polar surface area (TPSA) is 25.8 Å². The second-order valence-corrected chi connectivity index (χ2v) is 5.12. The summed E-state index contributed by atoms with van der Waals surface area (Å²) in [6.45, 7) is 0. The maximum absolute atomic E-state index is 4.44. The van der Waals surface area contributed by atoms with Gasteiger partial charge in [0.25, 0.3) is 0 Å². The van der Waals surface area contributed by atoms with Crippen molar-refractivity contribution >= 4 is 11.3 Å². The Hall–Kier alpha value is -2.00. The van der Waals surface area contributed by atoms with Gasteiger partial charge in [-0.2, -0.15) is 0 Å². The highest BCUT2D eigenvalue weighted by molar-refractivity contribution is 7.15. The summed E-state index contributed by atoms with van der Waals surface area (Å²) in [5, 5.41) is 0.988. The Labute approximate surface area is 110 Å². The van der Waals surface area contributed by atoms with Crippen molar-refractivity contribution in [3.63, 3.8) is 0 Å². The minimum atomic E-state index is 0.936. The lowest BCUT2D eigenvalue weighted by molar-refractivity contribution is 1.21. The predicted octanol–water partition coefficient (Wildman–Crippen LogP) is 3.80. The van der Waals surface area contributed by atoms with E-state index in [4.69, 9.17) is 0 Å². The third kappa shape index (κ3) is 2.46. The molecule has 0 atom stereocenters. The largest absolute Gasteiger partial charge is 0.254 e. The third-order valence-corrected chi connectivity index (χ3v) is 3.68. The smallest absolute Gasteiger partial charge is 0.142 e. The second kappa shape index (κ2) is 5.10. The van der Waals surface area contributed by atoms with E-state index in [2.05, 4.69) is 34.2 Å². The second-order valence-electron chi connectivity index (χ2n) is 4.01. The normalized spacial score (nSPS) is 10.4. The minimum absolute atomic E-state index is 0.936. The highest BCUT2D eigenvalue weighted by Crippen LogP contribution is 2.24. The quantitative estimate of drug-likeness (QED) is 0.708. The first-order chi connectivity index (χ1) is 8.92. The lowest BCUT2D eigenvalue weighted by Crippen LogP contribution is -1.82. The molecule has 0 spiro atoms. The first kappa shape index (κ1) is 11.1. The van der Waals surface area contributed by atoms with E-state index in [-0.39, 0.29) is 0 Å². The molecule has 0 N–H and O–H groups in total. The van der Waals surface area contributed by atoms with E-state index in [0.29, 0.717) is 0 Å². The number of hydrogen-bond donors (Lipinski definition) is 0. The highest BCUT2D eigenvalue weighted by atomic mass is 32.1. The van der Waals surface area contributed by atoms with Crippen molar-refractivity contribution in [1.29, 1.82) is 0 Å². The van der Waals surface area contributed by atoms with Crippen molar-refractivity contribution < 1.29 is 0 Å². The maximum Gasteiger partial charge on any atom is 0.142 e. The van der Waals surface area contributed by atoms with Gasteiger partial charge in [0.15, 0.2) is 0 Å².